The molecule has 17 heavy (non-hydrogen) atoms. The number of esters is 1. The van der Waals surface area contributed by atoms with Crippen LogP contribution in [0.2, 0.25) is 0 Å². The number of hydrogen-bond donors (Lipinski definition) is 0. The van der Waals surface area contributed by atoms with E-state index in [2.05, 4.69) is 0 Å². The van der Waals surface area contributed by atoms with Crippen LogP contribution in [0.15, 0.2) is 18.2 Å². The summed E-state index contributed by atoms with van der Waals surface area (Å²) in [5, 5.41) is -0.741. The predicted octanol–water partition coefficient (Wildman–Crippen LogP) is 3.59. The van der Waals surface area contributed by atoms with Gasteiger partial charge < -0.3 is 4.74 Å². The normalized spacial score (nSPS) is 12.2. The topological polar surface area (TPSA) is 26.3 Å². The van der Waals surface area contributed by atoms with E-state index in [1.165, 1.54) is 12.1 Å². The third-order valence-electron chi connectivity index (χ3n) is 2.23. The maximum atomic E-state index is 13.3. The zero-order chi connectivity index (χ0) is 12.8. The van der Waals surface area contributed by atoms with Gasteiger partial charge in [0.25, 0.3) is 0 Å². The molecule has 0 N–H and O–H groups in total. The Balaban J connectivity index is 2.61. The standard InChI is InChI=1S/C12H13ClF2O2/c1-2-17-11(16)7-6-9(13)8-4-3-5-10(14)12(8)15/h3-5,9H,2,6-7H2,1H3. The van der Waals surface area contributed by atoms with Gasteiger partial charge in [-0.25, -0.2) is 8.78 Å². The first-order chi connectivity index (χ1) is 8.06. The highest BCUT2D eigenvalue weighted by Gasteiger charge is 2.17. The Morgan fingerprint density at radius 1 is 1.47 bits per heavy atom. The van der Waals surface area contributed by atoms with Crippen LogP contribution in [-0.2, 0) is 9.53 Å². The van der Waals surface area contributed by atoms with Crippen LogP contribution in [0.1, 0.15) is 30.7 Å². The monoisotopic (exact) mass is 262 g/mol. The third-order valence-corrected chi connectivity index (χ3v) is 2.68. The van der Waals surface area contributed by atoms with E-state index in [1.54, 1.807) is 6.92 Å². The largest absolute Gasteiger partial charge is 0.466 e. The molecule has 94 valence electrons. The quantitative estimate of drug-likeness (QED) is 0.599. The van der Waals surface area contributed by atoms with Gasteiger partial charge in [-0.05, 0) is 19.4 Å². The SMILES string of the molecule is CCOC(=O)CCC(Cl)c1cccc(F)c1F. The fraction of sp³-hybridized carbons (Fsp3) is 0.417. The zero-order valence-corrected chi connectivity index (χ0v) is 10.1. The second-order valence-electron chi connectivity index (χ2n) is 3.45. The Labute approximate surface area is 104 Å². The first-order valence-electron chi connectivity index (χ1n) is 5.29. The minimum Gasteiger partial charge on any atom is -0.466 e. The van der Waals surface area contributed by atoms with Gasteiger partial charge in [0.15, 0.2) is 11.6 Å². The van der Waals surface area contributed by atoms with Crippen molar-refractivity contribution >= 4 is 17.6 Å². The molecule has 0 aliphatic heterocycles. The third kappa shape index (κ3) is 3.97. The van der Waals surface area contributed by atoms with E-state index in [1.807, 2.05) is 0 Å². The molecule has 1 atom stereocenters. The lowest BCUT2D eigenvalue weighted by Crippen LogP contribution is -2.06. The van der Waals surface area contributed by atoms with Crippen LogP contribution in [-0.4, -0.2) is 12.6 Å². The van der Waals surface area contributed by atoms with Crippen molar-refractivity contribution in [2.75, 3.05) is 6.61 Å². The number of benzene rings is 1. The second kappa shape index (κ2) is 6.55. The number of halogens is 3. The van der Waals surface area contributed by atoms with E-state index >= 15 is 0 Å². The molecule has 0 saturated carbocycles. The first kappa shape index (κ1) is 13.9. The highest BCUT2D eigenvalue weighted by Crippen LogP contribution is 2.28. The molecule has 0 fully saturated rings. The van der Waals surface area contributed by atoms with Gasteiger partial charge in [0, 0.05) is 12.0 Å². The summed E-state index contributed by atoms with van der Waals surface area (Å²) in [6, 6.07) is 3.81. The van der Waals surface area contributed by atoms with Gasteiger partial charge in [-0.1, -0.05) is 12.1 Å². The van der Waals surface area contributed by atoms with Gasteiger partial charge in [-0.3, -0.25) is 4.79 Å². The van der Waals surface area contributed by atoms with Gasteiger partial charge in [0.05, 0.1) is 12.0 Å². The molecule has 5 heteroatoms. The van der Waals surface area contributed by atoms with Crippen LogP contribution in [0.25, 0.3) is 0 Å². The molecule has 0 aliphatic carbocycles. The van der Waals surface area contributed by atoms with Crippen LogP contribution in [0.4, 0.5) is 8.78 Å². The van der Waals surface area contributed by atoms with Gasteiger partial charge >= 0.3 is 5.97 Å². The van der Waals surface area contributed by atoms with Crippen molar-refractivity contribution in [3.05, 3.63) is 35.4 Å². The van der Waals surface area contributed by atoms with E-state index in [9.17, 15) is 13.6 Å². The van der Waals surface area contributed by atoms with Crippen molar-refractivity contribution in [2.24, 2.45) is 0 Å². The molecule has 1 unspecified atom stereocenters. The highest BCUT2D eigenvalue weighted by molar-refractivity contribution is 6.20. The average Bonchev–Trinajstić information content (AvgIpc) is 2.30. The van der Waals surface area contributed by atoms with Crippen LogP contribution in [0.3, 0.4) is 0 Å². The van der Waals surface area contributed by atoms with E-state index in [-0.39, 0.29) is 18.4 Å². The van der Waals surface area contributed by atoms with E-state index < -0.39 is 23.0 Å². The van der Waals surface area contributed by atoms with Crippen LogP contribution in [0.5, 0.6) is 0 Å². The summed E-state index contributed by atoms with van der Waals surface area (Å²) >= 11 is 5.91. The van der Waals surface area contributed by atoms with Crippen LogP contribution < -0.4 is 0 Å². The number of carbonyl (C=O) groups is 1. The molecule has 2 nitrogen and oxygen atoms in total. The van der Waals surface area contributed by atoms with Crippen molar-refractivity contribution < 1.29 is 18.3 Å². The molecule has 0 aliphatic rings. The summed E-state index contributed by atoms with van der Waals surface area (Å²) in [5.41, 5.74) is 0.0657. The summed E-state index contributed by atoms with van der Waals surface area (Å²) < 4.78 is 31.0. The average molecular weight is 263 g/mol. The summed E-state index contributed by atoms with van der Waals surface area (Å²) in [6.45, 7) is 1.99. The summed E-state index contributed by atoms with van der Waals surface area (Å²) in [4.78, 5) is 11.1. The summed E-state index contributed by atoms with van der Waals surface area (Å²) in [6.07, 6.45) is 0.290. The summed E-state index contributed by atoms with van der Waals surface area (Å²) in [7, 11) is 0. The fourth-order valence-electron chi connectivity index (χ4n) is 1.40. The Hall–Kier alpha value is -1.16. The van der Waals surface area contributed by atoms with Crippen LogP contribution in [0, 0.1) is 11.6 Å². The van der Waals surface area contributed by atoms with E-state index in [4.69, 9.17) is 16.3 Å². The molecule has 0 saturated heterocycles. The zero-order valence-electron chi connectivity index (χ0n) is 9.38. The molecular weight excluding hydrogens is 250 g/mol. The smallest absolute Gasteiger partial charge is 0.305 e. The molecule has 1 aromatic rings. The fourth-order valence-corrected chi connectivity index (χ4v) is 1.67. The van der Waals surface area contributed by atoms with Gasteiger partial charge in [0.1, 0.15) is 0 Å². The van der Waals surface area contributed by atoms with E-state index in [0.717, 1.165) is 6.07 Å². The number of ether oxygens (including phenoxy) is 1. The molecule has 0 aromatic heterocycles. The molecule has 0 radical (unpaired) electrons. The van der Waals surface area contributed by atoms with Gasteiger partial charge in [-0.2, -0.15) is 0 Å². The first-order valence-corrected chi connectivity index (χ1v) is 5.73. The summed E-state index contributed by atoms with van der Waals surface area (Å²) in [5.74, 6) is -2.30. The maximum Gasteiger partial charge on any atom is 0.305 e. The lowest BCUT2D eigenvalue weighted by Gasteiger charge is -2.10. The van der Waals surface area contributed by atoms with Crippen molar-refractivity contribution in [1.29, 1.82) is 0 Å². The Bertz CT molecular complexity index is 396. The van der Waals surface area contributed by atoms with Crippen molar-refractivity contribution in [3.8, 4) is 0 Å². The number of rotatable bonds is 5. The number of carbonyl (C=O) groups excluding carboxylic acids is 1. The van der Waals surface area contributed by atoms with Crippen molar-refractivity contribution in [3.63, 3.8) is 0 Å². The molecule has 0 amide bonds. The molecule has 1 rings (SSSR count). The van der Waals surface area contributed by atoms with Crippen molar-refractivity contribution in [2.45, 2.75) is 25.1 Å². The molecule has 0 heterocycles. The molecule has 0 spiro atoms. The Morgan fingerprint density at radius 3 is 2.82 bits per heavy atom. The lowest BCUT2D eigenvalue weighted by atomic mass is 10.1. The molecular formula is C12H13ClF2O2. The highest BCUT2D eigenvalue weighted by atomic mass is 35.5. The van der Waals surface area contributed by atoms with Gasteiger partial charge in [0.2, 0.25) is 0 Å². The van der Waals surface area contributed by atoms with Crippen molar-refractivity contribution in [1.82, 2.24) is 0 Å². The Kier molecular flexibility index (Phi) is 5.35. The minimum atomic E-state index is -0.962. The second-order valence-corrected chi connectivity index (χ2v) is 3.98. The molecule has 0 bridgehead atoms. The maximum absolute atomic E-state index is 13.3. The predicted molar refractivity (Wildman–Crippen MR) is 60.8 cm³/mol. The van der Waals surface area contributed by atoms with Gasteiger partial charge in [-0.15, -0.1) is 11.6 Å². The van der Waals surface area contributed by atoms with E-state index in [0.29, 0.717) is 6.61 Å². The minimum absolute atomic E-state index is 0.0657. The number of alkyl halides is 1. The molecule has 1 aromatic carbocycles. The Morgan fingerprint density at radius 2 is 2.18 bits per heavy atom. The van der Waals surface area contributed by atoms with Crippen LogP contribution >= 0.6 is 11.6 Å². The number of hydrogen-bond acceptors (Lipinski definition) is 2. The lowest BCUT2D eigenvalue weighted by molar-refractivity contribution is -0.143.